The number of rotatable bonds is 7. The van der Waals surface area contributed by atoms with Gasteiger partial charge >= 0.3 is 6.18 Å². The number of Topliss-reactive ketones (excluding diaryl/α,β-unsaturated/α-hetero) is 1. The number of aromatic nitrogens is 3. The van der Waals surface area contributed by atoms with Gasteiger partial charge in [0, 0.05) is 78.6 Å². The fraction of sp³-hybridized carbons (Fsp3) is 0.258. The molecule has 2 aliphatic rings. The Hall–Kier alpha value is -4.19. The molecule has 6 rings (SSSR count). The number of ketones is 1. The van der Waals surface area contributed by atoms with Crippen molar-refractivity contribution in [1.82, 2.24) is 15.0 Å². The van der Waals surface area contributed by atoms with E-state index >= 15 is 8.78 Å². The van der Waals surface area contributed by atoms with Crippen LogP contribution in [0.4, 0.5) is 33.3 Å². The van der Waals surface area contributed by atoms with Gasteiger partial charge in [0.05, 0.1) is 17.0 Å². The summed E-state index contributed by atoms with van der Waals surface area (Å²) in [6.45, 7) is 1.10. The molecule has 12 heteroatoms. The van der Waals surface area contributed by atoms with Crippen molar-refractivity contribution in [1.29, 1.82) is 0 Å². The maximum absolute atomic E-state index is 15.8. The molecule has 0 N–H and O–H groups in total. The number of anilines is 1. The van der Waals surface area contributed by atoms with Crippen LogP contribution in [0.2, 0.25) is 0 Å². The molecule has 2 aromatic carbocycles. The van der Waals surface area contributed by atoms with Crippen molar-refractivity contribution >= 4 is 35.1 Å². The van der Waals surface area contributed by atoms with Crippen LogP contribution in [-0.4, -0.2) is 51.5 Å². The summed E-state index contributed by atoms with van der Waals surface area (Å²) in [5, 5.41) is 0. The Morgan fingerprint density at radius 3 is 2.60 bits per heavy atom. The smallest absolute Gasteiger partial charge is 0.370 e. The van der Waals surface area contributed by atoms with Crippen LogP contribution < -0.4 is 4.90 Å². The minimum absolute atomic E-state index is 0.125. The van der Waals surface area contributed by atoms with Gasteiger partial charge in [-0.2, -0.15) is 24.9 Å². The molecule has 0 bridgehead atoms. The van der Waals surface area contributed by atoms with Gasteiger partial charge in [0.15, 0.2) is 5.78 Å². The number of aliphatic imine (C=N–C) groups is 1. The van der Waals surface area contributed by atoms with E-state index in [1.54, 1.807) is 30.1 Å². The van der Waals surface area contributed by atoms with E-state index in [0.717, 1.165) is 41.5 Å². The van der Waals surface area contributed by atoms with E-state index in [0.29, 0.717) is 47.8 Å². The number of halogens is 5. The van der Waals surface area contributed by atoms with E-state index in [1.165, 1.54) is 18.6 Å². The fourth-order valence-electron chi connectivity index (χ4n) is 5.24. The Morgan fingerprint density at radius 2 is 1.81 bits per heavy atom. The van der Waals surface area contributed by atoms with E-state index in [4.69, 9.17) is 0 Å². The molecule has 6 nitrogen and oxygen atoms in total. The molecule has 0 spiro atoms. The first-order valence-electron chi connectivity index (χ1n) is 13.5. The van der Waals surface area contributed by atoms with Crippen LogP contribution in [0.25, 0.3) is 11.3 Å². The van der Waals surface area contributed by atoms with Crippen molar-refractivity contribution in [2.75, 3.05) is 29.5 Å². The van der Waals surface area contributed by atoms with E-state index in [-0.39, 0.29) is 23.1 Å². The normalized spacial score (nSPS) is 14.7. The van der Waals surface area contributed by atoms with Crippen LogP contribution in [0, 0.1) is 11.6 Å². The van der Waals surface area contributed by atoms with Crippen LogP contribution in [0.3, 0.4) is 0 Å². The van der Waals surface area contributed by atoms with E-state index in [9.17, 15) is 18.0 Å². The zero-order valence-corrected chi connectivity index (χ0v) is 23.5. The lowest BCUT2D eigenvalue weighted by atomic mass is 9.95. The Labute approximate surface area is 248 Å². The maximum atomic E-state index is 15.8. The molecule has 220 valence electrons. The van der Waals surface area contributed by atoms with Crippen molar-refractivity contribution in [3.8, 4) is 11.3 Å². The molecule has 43 heavy (non-hydrogen) atoms. The van der Waals surface area contributed by atoms with E-state index < -0.39 is 35.6 Å². The van der Waals surface area contributed by atoms with Crippen molar-refractivity contribution in [3.63, 3.8) is 0 Å². The minimum Gasteiger partial charge on any atom is -0.370 e. The summed E-state index contributed by atoms with van der Waals surface area (Å²) in [6.07, 6.45) is -0.311. The highest BCUT2D eigenvalue weighted by Crippen LogP contribution is 2.36. The largest absolute Gasteiger partial charge is 0.416 e. The molecule has 4 heterocycles. The first kappa shape index (κ1) is 28.9. The second-order valence-electron chi connectivity index (χ2n) is 10.2. The second-order valence-corrected chi connectivity index (χ2v) is 11.4. The number of hydrogen-bond donors (Lipinski definition) is 0. The molecular formula is C31H24F5N5OS. The number of nitrogens with zero attached hydrogens (tertiary/aromatic N) is 5. The average molecular weight is 610 g/mol. The first-order valence-corrected chi connectivity index (χ1v) is 14.7. The molecule has 0 aliphatic carbocycles. The lowest BCUT2D eigenvalue weighted by Gasteiger charge is -2.29. The predicted molar refractivity (Wildman–Crippen MR) is 155 cm³/mol. The molecule has 0 amide bonds. The zero-order chi connectivity index (χ0) is 30.1. The van der Waals surface area contributed by atoms with Crippen LogP contribution in [0.1, 0.15) is 38.4 Å². The van der Waals surface area contributed by atoms with Crippen LogP contribution in [-0.2, 0) is 25.4 Å². The first-order chi connectivity index (χ1) is 20.7. The quantitative estimate of drug-likeness (QED) is 0.172. The Morgan fingerprint density at radius 1 is 1.00 bits per heavy atom. The van der Waals surface area contributed by atoms with Gasteiger partial charge in [-0.05, 0) is 42.0 Å². The third kappa shape index (κ3) is 6.01. The summed E-state index contributed by atoms with van der Waals surface area (Å²) in [6, 6.07) is 8.85. The van der Waals surface area contributed by atoms with Crippen molar-refractivity contribution < 1.29 is 26.7 Å². The van der Waals surface area contributed by atoms with Gasteiger partial charge in [0.25, 0.3) is 0 Å². The molecule has 1 saturated heterocycles. The van der Waals surface area contributed by atoms with Gasteiger partial charge in [-0.1, -0.05) is 6.07 Å². The number of fused-ring (bicyclic) bond motifs is 1. The predicted octanol–water partition coefficient (Wildman–Crippen LogP) is 6.66. The van der Waals surface area contributed by atoms with Gasteiger partial charge in [0.1, 0.15) is 29.3 Å². The summed E-state index contributed by atoms with van der Waals surface area (Å²) < 4.78 is 72.1. The monoisotopic (exact) mass is 609 g/mol. The third-order valence-electron chi connectivity index (χ3n) is 7.45. The number of alkyl halides is 3. The minimum atomic E-state index is -4.67. The van der Waals surface area contributed by atoms with E-state index in [2.05, 4.69) is 19.9 Å². The Kier molecular flexibility index (Phi) is 7.95. The van der Waals surface area contributed by atoms with Crippen molar-refractivity contribution in [2.24, 2.45) is 4.99 Å². The van der Waals surface area contributed by atoms with Gasteiger partial charge < -0.3 is 4.90 Å². The molecular weight excluding hydrogens is 585 g/mol. The summed E-state index contributed by atoms with van der Waals surface area (Å²) >= 11 is 1.70. The maximum Gasteiger partial charge on any atom is 0.416 e. The zero-order valence-electron chi connectivity index (χ0n) is 22.7. The van der Waals surface area contributed by atoms with Crippen LogP contribution in [0.5, 0.6) is 0 Å². The molecule has 4 aromatic rings. The highest BCUT2D eigenvalue weighted by molar-refractivity contribution is 7.99. The highest BCUT2D eigenvalue weighted by atomic mass is 32.2. The molecule has 0 atom stereocenters. The summed E-state index contributed by atoms with van der Waals surface area (Å²) in [5.74, 6) is -0.970. The average Bonchev–Trinajstić information content (AvgIpc) is 3.50. The number of thioether (sulfide) groups is 1. The fourth-order valence-corrected chi connectivity index (χ4v) is 6.15. The number of hydrogen-bond acceptors (Lipinski definition) is 7. The van der Waals surface area contributed by atoms with Gasteiger partial charge in [-0.3, -0.25) is 14.8 Å². The number of benzene rings is 2. The Balaban J connectivity index is 1.31. The number of carbonyl (C=O) groups is 1. The van der Waals surface area contributed by atoms with Gasteiger partial charge in [-0.15, -0.1) is 0 Å². The molecule has 0 saturated carbocycles. The van der Waals surface area contributed by atoms with Crippen LogP contribution >= 0.6 is 11.8 Å². The molecule has 0 unspecified atom stereocenters. The summed E-state index contributed by atoms with van der Waals surface area (Å²) in [4.78, 5) is 32.4. The lowest BCUT2D eigenvalue weighted by Crippen LogP contribution is -2.32. The van der Waals surface area contributed by atoms with Crippen LogP contribution in [0.15, 0.2) is 60.0 Å². The molecule has 2 aromatic heterocycles. The summed E-state index contributed by atoms with van der Waals surface area (Å²) in [5.41, 5.74) is 1.39. The van der Waals surface area contributed by atoms with Gasteiger partial charge in [-0.25, -0.2) is 18.7 Å². The standard InChI is InChI=1S/C31H24F5N5OS/c32-24-4-3-18(14-27(42)19-12-20(31(34,35)36)15-21(13-19)41-8-10-43-11-9-41)28(33)23(24)16-26-22(2-1-6-37-26)29-30-25(5-7-38-30)39-17-40-29/h1-4,6-7,12-13,15,17H,5,8-11,14,16H2. The van der Waals surface area contributed by atoms with Crippen molar-refractivity contribution in [2.45, 2.75) is 25.4 Å². The SMILES string of the molecule is O=C(Cc1ccc(F)c(Cc2ncccc2-c2ncnc3c2N=CC3)c1F)c1cc(N2CCSCC2)cc(C(F)(F)F)c1. The Bertz CT molecular complexity index is 1740. The highest BCUT2D eigenvalue weighted by Gasteiger charge is 2.33. The molecule has 0 radical (unpaired) electrons. The van der Waals surface area contributed by atoms with Gasteiger partial charge in [0.2, 0.25) is 0 Å². The topological polar surface area (TPSA) is 71.3 Å². The van der Waals surface area contributed by atoms with Crippen molar-refractivity contribution in [3.05, 3.63) is 100 Å². The molecule has 1 fully saturated rings. The third-order valence-corrected chi connectivity index (χ3v) is 8.40. The summed E-state index contributed by atoms with van der Waals surface area (Å²) in [7, 11) is 0. The lowest BCUT2D eigenvalue weighted by molar-refractivity contribution is -0.137. The van der Waals surface area contributed by atoms with E-state index in [1.807, 2.05) is 4.90 Å². The second kappa shape index (κ2) is 11.8. The number of pyridine rings is 1. The number of carbonyl (C=O) groups excluding carboxylic acids is 1. The molecule has 2 aliphatic heterocycles.